The molecule has 187 valence electrons. The zero-order valence-corrected chi connectivity index (χ0v) is 23.3. The largest absolute Gasteiger partial charge is 0.360 e. The van der Waals surface area contributed by atoms with Gasteiger partial charge in [0.15, 0.2) is 0 Å². The molecule has 3 aromatic carbocycles. The van der Waals surface area contributed by atoms with E-state index in [9.17, 15) is 0 Å². The van der Waals surface area contributed by atoms with E-state index in [1.807, 2.05) is 61.5 Å². The Morgan fingerprint density at radius 1 is 0.838 bits per heavy atom. The van der Waals surface area contributed by atoms with Crippen LogP contribution in [0.4, 0.5) is 0 Å². The van der Waals surface area contributed by atoms with Crippen molar-refractivity contribution in [3.63, 3.8) is 0 Å². The van der Waals surface area contributed by atoms with Crippen molar-refractivity contribution < 1.29 is 20.1 Å². The summed E-state index contributed by atoms with van der Waals surface area (Å²) in [6.07, 6.45) is 9.90. The van der Waals surface area contributed by atoms with Crippen LogP contribution in [0, 0.1) is 19.1 Å². The maximum absolute atomic E-state index is 4.98. The molecule has 37 heavy (non-hydrogen) atoms. The van der Waals surface area contributed by atoms with Gasteiger partial charge in [0.05, 0.1) is 16.9 Å². The first-order valence-electron chi connectivity index (χ1n) is 12.8. The molecule has 1 aliphatic carbocycles. The fraction of sp³-hybridized carbons (Fsp3) is 0.212. The van der Waals surface area contributed by atoms with Gasteiger partial charge in [0.2, 0.25) is 0 Å². The van der Waals surface area contributed by atoms with Gasteiger partial charge in [-0.1, -0.05) is 37.1 Å². The van der Waals surface area contributed by atoms with E-state index in [1.54, 1.807) is 0 Å². The molecule has 0 spiro atoms. The van der Waals surface area contributed by atoms with E-state index in [0.717, 1.165) is 46.3 Å². The summed E-state index contributed by atoms with van der Waals surface area (Å²) in [7, 11) is 0. The Bertz CT molecular complexity index is 1510. The molecular weight excluding hydrogens is 631 g/mol. The van der Waals surface area contributed by atoms with Crippen LogP contribution in [0.25, 0.3) is 39.8 Å². The molecule has 0 amide bonds. The summed E-state index contributed by atoms with van der Waals surface area (Å²) in [6, 6.07) is 33.2. The van der Waals surface area contributed by atoms with Gasteiger partial charge in [-0.2, -0.15) is 0 Å². The second kappa shape index (κ2) is 11.4. The van der Waals surface area contributed by atoms with Crippen LogP contribution in [-0.4, -0.2) is 14.5 Å². The number of rotatable bonds is 3. The van der Waals surface area contributed by atoms with E-state index in [0.29, 0.717) is 0 Å². The Balaban J connectivity index is 0.000000172. The quantitative estimate of drug-likeness (QED) is 0.184. The summed E-state index contributed by atoms with van der Waals surface area (Å²) >= 11 is 0. The van der Waals surface area contributed by atoms with E-state index in [-0.39, 0.29) is 20.1 Å². The van der Waals surface area contributed by atoms with Crippen molar-refractivity contribution in [2.75, 3.05) is 0 Å². The Hall–Kier alpha value is -3.33. The summed E-state index contributed by atoms with van der Waals surface area (Å²) in [6.45, 7) is 2.89. The predicted molar refractivity (Wildman–Crippen MR) is 147 cm³/mol. The number of hydrogen-bond donors (Lipinski definition) is 0. The van der Waals surface area contributed by atoms with Crippen molar-refractivity contribution in [2.24, 2.45) is 0 Å². The summed E-state index contributed by atoms with van der Waals surface area (Å²) < 4.78 is 2.33. The second-order valence-corrected chi connectivity index (χ2v) is 9.62. The maximum atomic E-state index is 4.98. The van der Waals surface area contributed by atoms with E-state index in [1.165, 1.54) is 42.3 Å². The average molecular weight is 660 g/mol. The monoisotopic (exact) mass is 660 g/mol. The molecule has 7 rings (SSSR count). The van der Waals surface area contributed by atoms with E-state index in [4.69, 9.17) is 4.98 Å². The number of imidazole rings is 1. The zero-order valence-electron chi connectivity index (χ0n) is 20.9. The first-order valence-corrected chi connectivity index (χ1v) is 12.8. The second-order valence-electron chi connectivity index (χ2n) is 9.62. The number of allylic oxidation sites excluding steroid dienone is 1. The molecule has 4 heteroatoms. The fourth-order valence-corrected chi connectivity index (χ4v) is 5.39. The van der Waals surface area contributed by atoms with Gasteiger partial charge in [-0.05, 0) is 60.7 Å². The third-order valence-electron chi connectivity index (χ3n) is 7.13. The summed E-state index contributed by atoms with van der Waals surface area (Å²) in [4.78, 5) is 9.39. The molecule has 3 heterocycles. The van der Waals surface area contributed by atoms with Crippen molar-refractivity contribution >= 4 is 17.1 Å². The van der Waals surface area contributed by atoms with Gasteiger partial charge in [-0.25, -0.2) is 0 Å². The van der Waals surface area contributed by atoms with E-state index >= 15 is 0 Å². The number of pyridine rings is 1. The number of nitrogens with zero attached hydrogens (tertiary/aromatic N) is 3. The van der Waals surface area contributed by atoms with Gasteiger partial charge in [0, 0.05) is 32.3 Å². The Morgan fingerprint density at radius 3 is 2.30 bits per heavy atom. The van der Waals surface area contributed by atoms with Gasteiger partial charge >= 0.3 is 0 Å². The predicted octanol–water partition coefficient (Wildman–Crippen LogP) is 8.04. The van der Waals surface area contributed by atoms with E-state index in [2.05, 4.69) is 58.1 Å². The van der Waals surface area contributed by atoms with Crippen LogP contribution >= 0.6 is 0 Å². The fourth-order valence-electron chi connectivity index (χ4n) is 5.39. The molecule has 2 aromatic heterocycles. The molecule has 5 aromatic rings. The van der Waals surface area contributed by atoms with Gasteiger partial charge in [0.1, 0.15) is 0 Å². The third kappa shape index (κ3) is 5.37. The minimum absolute atomic E-state index is 0. The molecule has 0 bridgehead atoms. The molecule has 1 aliphatic heterocycles. The molecular formula is C33H29IrN3-2. The Morgan fingerprint density at radius 2 is 1.59 bits per heavy atom. The maximum Gasteiger partial charge on any atom is 0.0779 e. The molecule has 3 nitrogen and oxygen atoms in total. The zero-order chi connectivity index (χ0) is 24.3. The van der Waals surface area contributed by atoms with Crippen molar-refractivity contribution in [1.29, 1.82) is 0 Å². The molecule has 2 aliphatic rings. The molecule has 0 N–H and O–H groups in total. The molecule has 0 atom stereocenters. The summed E-state index contributed by atoms with van der Waals surface area (Å²) in [5.41, 5.74) is 9.37. The first kappa shape index (κ1) is 25.3. The van der Waals surface area contributed by atoms with Gasteiger partial charge in [-0.3, -0.25) is 4.98 Å². The molecule has 1 radical (unpaired) electrons. The Labute approximate surface area is 232 Å². The first-order chi connectivity index (χ1) is 17.8. The molecule has 1 saturated carbocycles. The van der Waals surface area contributed by atoms with Crippen LogP contribution in [0.3, 0.4) is 0 Å². The topological polar surface area (TPSA) is 30.7 Å². The summed E-state index contributed by atoms with van der Waals surface area (Å²) in [5.74, 6) is 1.76. The van der Waals surface area contributed by atoms with Crippen LogP contribution in [0.2, 0.25) is 0 Å². The van der Waals surface area contributed by atoms with Crippen LogP contribution < -0.4 is 0 Å². The van der Waals surface area contributed by atoms with Crippen LogP contribution in [0.15, 0.2) is 84.9 Å². The molecule has 0 saturated heterocycles. The molecule has 1 fully saturated rings. The van der Waals surface area contributed by atoms with Crippen LogP contribution in [-0.2, 0) is 26.7 Å². The van der Waals surface area contributed by atoms with Crippen LogP contribution in [0.5, 0.6) is 0 Å². The van der Waals surface area contributed by atoms with Crippen LogP contribution in [0.1, 0.15) is 48.4 Å². The minimum Gasteiger partial charge on any atom is -0.360 e. The van der Waals surface area contributed by atoms with Crippen molar-refractivity contribution in [1.82, 2.24) is 14.5 Å². The van der Waals surface area contributed by atoms with Crippen molar-refractivity contribution in [3.05, 3.63) is 114 Å². The Kier molecular flexibility index (Phi) is 7.79. The number of benzene rings is 3. The number of aromatic nitrogens is 3. The smallest absolute Gasteiger partial charge is 0.0779 e. The summed E-state index contributed by atoms with van der Waals surface area (Å²) in [5, 5.41) is 0. The SMILES string of the molecule is Cc1cccc(-c2[c-]cccc2)n1.[Ir].[c-]1ccccc1-c1nc2cc(C3CCCC3)cc3c2n1CC=C3. The van der Waals surface area contributed by atoms with Gasteiger partial charge in [0.25, 0.3) is 0 Å². The number of aryl methyl sites for hydroxylation is 1. The van der Waals surface area contributed by atoms with Crippen molar-refractivity contribution in [2.45, 2.75) is 45.1 Å². The molecule has 0 unspecified atom stereocenters. The standard InChI is InChI=1S/C21H19N2.C12H10N.Ir/c1-2-9-16(10-3-1)21-22-19-14-18(15-7-4-5-8-15)13-17-11-6-12-23(21)20(17)19;1-10-6-5-9-12(13-10)11-7-3-2-4-8-11;/h1-3,6,9,11,13-15H,4-5,7-8,12H2;2-7,9H,1H3;/q2*-1;. The van der Waals surface area contributed by atoms with E-state index < -0.39 is 0 Å². The normalized spacial score (nSPS) is 14.2. The third-order valence-corrected chi connectivity index (χ3v) is 7.13. The van der Waals surface area contributed by atoms with Gasteiger partial charge < -0.3 is 9.55 Å². The number of hydrogen-bond acceptors (Lipinski definition) is 2. The minimum atomic E-state index is 0. The van der Waals surface area contributed by atoms with Gasteiger partial charge in [-0.15, -0.1) is 71.8 Å². The average Bonchev–Trinajstić information content (AvgIpc) is 3.60. The van der Waals surface area contributed by atoms with Crippen molar-refractivity contribution in [3.8, 4) is 22.6 Å².